The zero-order valence-corrected chi connectivity index (χ0v) is 21.7. The Hall–Kier alpha value is -4.02. The Bertz CT molecular complexity index is 1630. The van der Waals surface area contributed by atoms with Crippen LogP contribution in [0.4, 0.5) is 0 Å². The van der Waals surface area contributed by atoms with Crippen molar-refractivity contribution in [2.24, 2.45) is 5.10 Å². The minimum absolute atomic E-state index is 0.323. The summed E-state index contributed by atoms with van der Waals surface area (Å²) in [6, 6.07) is 22.1. The molecule has 3 aromatic carbocycles. The van der Waals surface area contributed by atoms with Crippen molar-refractivity contribution in [1.29, 1.82) is 0 Å². The number of methoxy groups -OCH3 is 1. The molecule has 0 aliphatic heterocycles. The van der Waals surface area contributed by atoms with E-state index in [1.807, 2.05) is 54.6 Å². The van der Waals surface area contributed by atoms with E-state index >= 15 is 0 Å². The number of halogens is 1. The van der Waals surface area contributed by atoms with E-state index in [0.29, 0.717) is 37.9 Å². The number of hydrazone groups is 1. The van der Waals surface area contributed by atoms with Crippen LogP contribution in [-0.2, 0) is 0 Å². The third kappa shape index (κ3) is 4.48. The molecule has 2 heterocycles. The lowest BCUT2D eigenvalue weighted by Gasteiger charge is -2.06. The van der Waals surface area contributed by atoms with Crippen LogP contribution < -0.4 is 15.7 Å². The van der Waals surface area contributed by atoms with Gasteiger partial charge in [0.05, 0.1) is 39.9 Å². The molecule has 0 fully saturated rings. The highest BCUT2D eigenvalue weighted by molar-refractivity contribution is 9.10. The summed E-state index contributed by atoms with van der Waals surface area (Å²) in [5.41, 5.74) is 5.46. The molecule has 1 amide bonds. The number of benzene rings is 3. The van der Waals surface area contributed by atoms with Gasteiger partial charge < -0.3 is 4.74 Å². The number of amides is 1. The molecule has 36 heavy (non-hydrogen) atoms. The highest BCUT2D eigenvalue weighted by Gasteiger charge is 2.21. The van der Waals surface area contributed by atoms with Gasteiger partial charge in [0.25, 0.3) is 11.5 Å². The fourth-order valence-electron chi connectivity index (χ4n) is 3.73. The van der Waals surface area contributed by atoms with Gasteiger partial charge in [-0.3, -0.25) is 14.7 Å². The molecule has 2 N–H and O–H groups in total. The molecule has 0 spiro atoms. The van der Waals surface area contributed by atoms with Crippen molar-refractivity contribution < 1.29 is 9.53 Å². The lowest BCUT2D eigenvalue weighted by atomic mass is 10.1. The van der Waals surface area contributed by atoms with E-state index in [9.17, 15) is 9.59 Å². The molecule has 0 atom stereocenters. The van der Waals surface area contributed by atoms with Crippen molar-refractivity contribution in [2.75, 3.05) is 7.11 Å². The summed E-state index contributed by atoms with van der Waals surface area (Å²) >= 11 is 4.78. The maximum atomic E-state index is 13.6. The number of carbonyl (C=O) groups is 1. The van der Waals surface area contributed by atoms with E-state index in [1.165, 1.54) is 16.0 Å². The number of hydrogen-bond acceptors (Lipinski definition) is 6. The first-order valence-corrected chi connectivity index (χ1v) is 12.5. The summed E-state index contributed by atoms with van der Waals surface area (Å²) in [7, 11) is 1.59. The van der Waals surface area contributed by atoms with Crippen LogP contribution in [-0.4, -0.2) is 33.5 Å². The van der Waals surface area contributed by atoms with Gasteiger partial charge in [0, 0.05) is 10.0 Å². The maximum Gasteiger partial charge on any atom is 0.283 e. The number of carbonyl (C=O) groups excluding carboxylic acids is 1. The number of aromatic nitrogens is 3. The van der Waals surface area contributed by atoms with Gasteiger partial charge in [0.15, 0.2) is 0 Å². The molecule has 0 bridgehead atoms. The largest absolute Gasteiger partial charge is 0.497 e. The summed E-state index contributed by atoms with van der Waals surface area (Å²) in [5, 5.41) is 7.97. The molecule has 180 valence electrons. The molecule has 5 rings (SSSR count). The van der Waals surface area contributed by atoms with E-state index in [0.717, 1.165) is 15.8 Å². The van der Waals surface area contributed by atoms with Crippen LogP contribution in [0.3, 0.4) is 0 Å². The van der Waals surface area contributed by atoms with Crippen molar-refractivity contribution in [3.8, 4) is 22.1 Å². The van der Waals surface area contributed by atoms with Crippen LogP contribution in [0.2, 0.25) is 0 Å². The van der Waals surface area contributed by atoms with Crippen molar-refractivity contribution in [1.82, 2.24) is 20.2 Å². The fourth-order valence-corrected chi connectivity index (χ4v) is 5.12. The molecule has 0 saturated heterocycles. The number of nitrogens with zero attached hydrogens (tertiary/aromatic N) is 3. The number of hydrogen-bond donors (Lipinski definition) is 2. The number of ether oxygens (including phenoxy) is 1. The number of aromatic amines is 1. The van der Waals surface area contributed by atoms with Gasteiger partial charge in [0.2, 0.25) is 5.13 Å². The van der Waals surface area contributed by atoms with Gasteiger partial charge in [-0.2, -0.15) is 9.78 Å². The predicted molar refractivity (Wildman–Crippen MR) is 145 cm³/mol. The summed E-state index contributed by atoms with van der Waals surface area (Å²) in [6.45, 7) is 1.68. The minimum atomic E-state index is -0.394. The van der Waals surface area contributed by atoms with Crippen LogP contribution in [0, 0.1) is 0 Å². The van der Waals surface area contributed by atoms with Gasteiger partial charge in [-0.05, 0) is 71.4 Å². The van der Waals surface area contributed by atoms with Gasteiger partial charge >= 0.3 is 0 Å². The molecule has 10 heteroatoms. The molecular weight excluding hydrogens is 542 g/mol. The van der Waals surface area contributed by atoms with Gasteiger partial charge in [0.1, 0.15) is 5.75 Å². The predicted octanol–water partition coefficient (Wildman–Crippen LogP) is 5.37. The van der Waals surface area contributed by atoms with Crippen LogP contribution in [0.5, 0.6) is 5.75 Å². The summed E-state index contributed by atoms with van der Waals surface area (Å²) in [6.07, 6.45) is 0. The first-order chi connectivity index (χ1) is 17.5. The summed E-state index contributed by atoms with van der Waals surface area (Å²) < 4.78 is 8.29. The molecule has 0 aliphatic carbocycles. The number of rotatable bonds is 6. The van der Waals surface area contributed by atoms with Gasteiger partial charge in [-0.15, -0.1) is 0 Å². The van der Waals surface area contributed by atoms with Gasteiger partial charge in [-0.25, -0.2) is 10.4 Å². The molecular formula is C26H20BrN5O3S. The minimum Gasteiger partial charge on any atom is -0.497 e. The average Bonchev–Trinajstić information content (AvgIpc) is 3.48. The third-order valence-corrected chi connectivity index (χ3v) is 7.26. The fraction of sp³-hybridized carbons (Fsp3) is 0.0769. The maximum absolute atomic E-state index is 13.6. The van der Waals surface area contributed by atoms with E-state index in [1.54, 1.807) is 32.2 Å². The molecule has 0 radical (unpaired) electrons. The molecule has 2 aromatic heterocycles. The van der Waals surface area contributed by atoms with Crippen LogP contribution in [0.25, 0.3) is 26.6 Å². The molecule has 0 aliphatic rings. The molecule has 5 aromatic rings. The number of fused-ring (bicyclic) bond motifs is 1. The Morgan fingerprint density at radius 1 is 1.08 bits per heavy atom. The van der Waals surface area contributed by atoms with Gasteiger partial charge in [-0.1, -0.05) is 35.6 Å². The topological polar surface area (TPSA) is 101 Å². The highest BCUT2D eigenvalue weighted by atomic mass is 79.9. The smallest absolute Gasteiger partial charge is 0.283 e. The monoisotopic (exact) mass is 561 g/mol. The van der Waals surface area contributed by atoms with Crippen LogP contribution in [0.15, 0.2) is 87.2 Å². The Labute approximate surface area is 218 Å². The van der Waals surface area contributed by atoms with Crippen molar-refractivity contribution in [3.63, 3.8) is 0 Å². The molecule has 0 saturated carbocycles. The van der Waals surface area contributed by atoms with Crippen molar-refractivity contribution >= 4 is 49.1 Å². The second kappa shape index (κ2) is 9.92. The Morgan fingerprint density at radius 2 is 1.81 bits per heavy atom. The zero-order chi connectivity index (χ0) is 25.2. The van der Waals surface area contributed by atoms with Crippen molar-refractivity contribution in [3.05, 3.63) is 98.7 Å². The second-order valence-electron chi connectivity index (χ2n) is 7.81. The normalized spacial score (nSPS) is 11.6. The van der Waals surface area contributed by atoms with Crippen molar-refractivity contribution in [2.45, 2.75) is 6.92 Å². The zero-order valence-electron chi connectivity index (χ0n) is 19.3. The van der Waals surface area contributed by atoms with E-state index in [4.69, 9.17) is 4.74 Å². The standard InChI is InChI=1S/C26H20BrN5O3S/c1-15(29-30-24(33)18-7-3-4-8-19(18)27)22-23(16-11-13-17(35-2)14-12-16)31-32(25(22)34)26-28-20-9-5-6-10-21(20)36-26/h3-14,31H,1-2H3,(H,30,33). The highest BCUT2D eigenvalue weighted by Crippen LogP contribution is 2.27. The number of thiazole rings is 1. The number of para-hydroxylation sites is 1. The average molecular weight is 562 g/mol. The lowest BCUT2D eigenvalue weighted by Crippen LogP contribution is -2.23. The number of H-pyrrole nitrogens is 1. The SMILES string of the molecule is COc1ccc(-c2[nH]n(-c3nc4ccccc4s3)c(=O)c2C(C)=NNC(=O)c2ccccc2Br)cc1. The Balaban J connectivity index is 1.59. The van der Waals surface area contributed by atoms with E-state index in [-0.39, 0.29) is 5.56 Å². The number of nitrogens with one attached hydrogen (secondary N) is 2. The van der Waals surface area contributed by atoms with E-state index in [2.05, 4.69) is 36.5 Å². The molecule has 0 unspecified atom stereocenters. The Morgan fingerprint density at radius 3 is 2.53 bits per heavy atom. The summed E-state index contributed by atoms with van der Waals surface area (Å²) in [5.74, 6) is 0.300. The third-order valence-electron chi connectivity index (χ3n) is 5.55. The quantitative estimate of drug-likeness (QED) is 0.215. The van der Waals surface area contributed by atoms with Crippen LogP contribution in [0.1, 0.15) is 22.8 Å². The van der Waals surface area contributed by atoms with E-state index < -0.39 is 5.91 Å². The van der Waals surface area contributed by atoms with Crippen LogP contribution >= 0.6 is 27.3 Å². The first-order valence-electron chi connectivity index (χ1n) is 10.9. The summed E-state index contributed by atoms with van der Waals surface area (Å²) in [4.78, 5) is 30.9. The first kappa shape index (κ1) is 23.7. The lowest BCUT2D eigenvalue weighted by molar-refractivity contribution is 0.0954. The Kier molecular flexibility index (Phi) is 6.53. The molecule has 8 nitrogen and oxygen atoms in total. The second-order valence-corrected chi connectivity index (χ2v) is 9.68.